The van der Waals surface area contributed by atoms with Gasteiger partial charge in [0, 0.05) is 28.5 Å². The van der Waals surface area contributed by atoms with E-state index >= 15 is 0 Å². The van der Waals surface area contributed by atoms with Gasteiger partial charge in [0.15, 0.2) is 0 Å². The van der Waals surface area contributed by atoms with Crippen molar-refractivity contribution in [3.63, 3.8) is 0 Å². The van der Waals surface area contributed by atoms with E-state index in [-0.39, 0.29) is 5.92 Å². The highest BCUT2D eigenvalue weighted by molar-refractivity contribution is 7.84. The predicted octanol–water partition coefficient (Wildman–Crippen LogP) is 2.92. The van der Waals surface area contributed by atoms with Crippen molar-refractivity contribution in [2.24, 2.45) is 0 Å². The van der Waals surface area contributed by atoms with Gasteiger partial charge in [-0.15, -0.1) is 0 Å². The van der Waals surface area contributed by atoms with E-state index in [0.717, 1.165) is 21.9 Å². The first kappa shape index (κ1) is 12.1. The van der Waals surface area contributed by atoms with Crippen LogP contribution in [0, 0.1) is 0 Å². The molecule has 0 fully saturated rings. The molecule has 2 nitrogen and oxygen atoms in total. The summed E-state index contributed by atoms with van der Waals surface area (Å²) in [7, 11) is -0.944. The Morgan fingerprint density at radius 1 is 1.12 bits per heavy atom. The van der Waals surface area contributed by atoms with E-state index in [4.69, 9.17) is 0 Å². The van der Waals surface area contributed by atoms with E-state index in [1.165, 1.54) is 0 Å². The van der Waals surface area contributed by atoms with E-state index in [9.17, 15) is 4.21 Å². The van der Waals surface area contributed by atoms with Crippen molar-refractivity contribution in [3.05, 3.63) is 53.4 Å². The Bertz CT molecular complexity index is 499. The van der Waals surface area contributed by atoms with Gasteiger partial charge in [-0.2, -0.15) is 0 Å². The highest BCUT2D eigenvalue weighted by Gasteiger charge is 2.16. The van der Waals surface area contributed by atoms with Crippen LogP contribution in [0.15, 0.2) is 52.7 Å². The van der Waals surface area contributed by atoms with Gasteiger partial charge >= 0.3 is 0 Å². The van der Waals surface area contributed by atoms with Crippen molar-refractivity contribution in [2.45, 2.75) is 24.7 Å². The summed E-state index contributed by atoms with van der Waals surface area (Å²) in [5.74, 6) is 0.219. The van der Waals surface area contributed by atoms with Crippen molar-refractivity contribution < 1.29 is 4.21 Å². The quantitative estimate of drug-likeness (QED) is 0.870. The molecular formula is C14H17NOS. The lowest BCUT2D eigenvalue weighted by Crippen LogP contribution is -2.15. The van der Waals surface area contributed by atoms with Crippen molar-refractivity contribution in [2.75, 3.05) is 6.26 Å². The second kappa shape index (κ2) is 4.88. The first-order chi connectivity index (χ1) is 8.08. The molecule has 1 atom stereocenters. The molecule has 0 bridgehead atoms. The predicted molar refractivity (Wildman–Crippen MR) is 72.2 cm³/mol. The first-order valence-electron chi connectivity index (χ1n) is 5.64. The number of allylic oxidation sites excluding steroid dienone is 4. The third kappa shape index (κ3) is 2.67. The molecule has 0 radical (unpaired) electrons. The maximum atomic E-state index is 11.7. The Hall–Kier alpha value is -1.35. The maximum Gasteiger partial charge on any atom is 0.0501 e. The molecule has 1 aliphatic heterocycles. The van der Waals surface area contributed by atoms with Crippen LogP contribution in [-0.2, 0) is 10.8 Å². The fourth-order valence-electron chi connectivity index (χ4n) is 2.18. The fourth-order valence-corrected chi connectivity index (χ4v) is 2.98. The first-order valence-corrected chi connectivity index (χ1v) is 7.20. The molecular weight excluding hydrogens is 230 g/mol. The molecule has 2 rings (SSSR count). The van der Waals surface area contributed by atoms with Gasteiger partial charge in [0.2, 0.25) is 0 Å². The number of hydrogen-bond donors (Lipinski definition) is 1. The molecule has 3 heteroatoms. The third-order valence-corrected chi connectivity index (χ3v) is 3.83. The van der Waals surface area contributed by atoms with Gasteiger partial charge in [-0.25, -0.2) is 0 Å². The van der Waals surface area contributed by atoms with Gasteiger partial charge in [0.1, 0.15) is 0 Å². The van der Waals surface area contributed by atoms with Gasteiger partial charge in [-0.1, -0.05) is 30.4 Å². The highest BCUT2D eigenvalue weighted by Crippen LogP contribution is 2.28. The zero-order valence-corrected chi connectivity index (χ0v) is 11.2. The van der Waals surface area contributed by atoms with Gasteiger partial charge in [0.25, 0.3) is 0 Å². The number of rotatable bonds is 2. The van der Waals surface area contributed by atoms with E-state index in [1.807, 2.05) is 18.2 Å². The number of dihydropyridines is 1. The smallest absolute Gasteiger partial charge is 0.0501 e. The molecule has 0 saturated carbocycles. The molecule has 0 spiro atoms. The van der Waals surface area contributed by atoms with Crippen molar-refractivity contribution in [1.29, 1.82) is 0 Å². The van der Waals surface area contributed by atoms with Crippen LogP contribution in [0.3, 0.4) is 0 Å². The van der Waals surface area contributed by atoms with E-state index in [2.05, 4.69) is 37.4 Å². The molecule has 1 aromatic carbocycles. The molecule has 17 heavy (non-hydrogen) atoms. The molecule has 1 N–H and O–H groups in total. The van der Waals surface area contributed by atoms with Crippen molar-refractivity contribution in [3.8, 4) is 0 Å². The largest absolute Gasteiger partial charge is 0.363 e. The molecule has 0 aliphatic carbocycles. The van der Waals surface area contributed by atoms with Crippen LogP contribution in [-0.4, -0.2) is 10.5 Å². The fraction of sp³-hybridized carbons (Fsp3) is 0.286. The summed E-state index contributed by atoms with van der Waals surface area (Å²) in [4.78, 5) is 0.924. The summed E-state index contributed by atoms with van der Waals surface area (Å²) in [5.41, 5.74) is 3.42. The average Bonchev–Trinajstić information content (AvgIpc) is 2.27. The van der Waals surface area contributed by atoms with Gasteiger partial charge in [-0.05, 0) is 25.5 Å². The summed E-state index contributed by atoms with van der Waals surface area (Å²) in [6.45, 7) is 4.10. The SMILES string of the molecule is CC1=CC(c2ccccc2S(C)=O)C=C(C)N1. The molecule has 0 amide bonds. The monoisotopic (exact) mass is 247 g/mol. The molecule has 1 aromatic rings. The summed E-state index contributed by atoms with van der Waals surface area (Å²) in [5, 5.41) is 3.27. The second-order valence-corrected chi connectivity index (χ2v) is 5.69. The normalized spacial score (nSPS) is 18.1. The van der Waals surface area contributed by atoms with Gasteiger partial charge in [-0.3, -0.25) is 4.21 Å². The van der Waals surface area contributed by atoms with Crippen LogP contribution >= 0.6 is 0 Å². The van der Waals surface area contributed by atoms with E-state index in [1.54, 1.807) is 6.26 Å². The molecule has 1 unspecified atom stereocenters. The van der Waals surface area contributed by atoms with Crippen LogP contribution in [0.2, 0.25) is 0 Å². The topological polar surface area (TPSA) is 29.1 Å². The van der Waals surface area contributed by atoms with Gasteiger partial charge in [0.05, 0.1) is 10.8 Å². The van der Waals surface area contributed by atoms with Gasteiger partial charge < -0.3 is 5.32 Å². The molecule has 90 valence electrons. The lowest BCUT2D eigenvalue weighted by Gasteiger charge is -2.21. The average molecular weight is 247 g/mol. The summed E-state index contributed by atoms with van der Waals surface area (Å²) < 4.78 is 11.7. The van der Waals surface area contributed by atoms with Crippen LogP contribution in [0.1, 0.15) is 25.3 Å². The Balaban J connectivity index is 2.47. The zero-order valence-electron chi connectivity index (χ0n) is 10.4. The van der Waals surface area contributed by atoms with E-state index < -0.39 is 10.8 Å². The Morgan fingerprint density at radius 3 is 2.29 bits per heavy atom. The minimum absolute atomic E-state index is 0.219. The third-order valence-electron chi connectivity index (χ3n) is 2.84. The minimum Gasteiger partial charge on any atom is -0.363 e. The van der Waals surface area contributed by atoms with Crippen LogP contribution in [0.5, 0.6) is 0 Å². The standard InChI is InChI=1S/C14H17NOS/c1-10-8-12(9-11(2)15-10)13-6-4-5-7-14(13)17(3)16/h4-9,12,15H,1-3H3. The summed E-state index contributed by atoms with van der Waals surface area (Å²) in [6, 6.07) is 7.94. The van der Waals surface area contributed by atoms with Crippen LogP contribution < -0.4 is 5.32 Å². The minimum atomic E-state index is -0.944. The molecule has 1 heterocycles. The molecule has 0 aromatic heterocycles. The van der Waals surface area contributed by atoms with E-state index in [0.29, 0.717) is 0 Å². The van der Waals surface area contributed by atoms with Crippen LogP contribution in [0.25, 0.3) is 0 Å². The Kier molecular flexibility index (Phi) is 3.48. The lowest BCUT2D eigenvalue weighted by atomic mass is 9.95. The van der Waals surface area contributed by atoms with Crippen molar-refractivity contribution >= 4 is 10.8 Å². The summed E-state index contributed by atoms with van der Waals surface area (Å²) in [6.07, 6.45) is 6.06. The Labute approximate surface area is 105 Å². The Morgan fingerprint density at radius 2 is 1.71 bits per heavy atom. The van der Waals surface area contributed by atoms with Crippen molar-refractivity contribution in [1.82, 2.24) is 5.32 Å². The number of benzene rings is 1. The lowest BCUT2D eigenvalue weighted by molar-refractivity contribution is 0.685. The maximum absolute atomic E-state index is 11.7. The number of nitrogens with one attached hydrogen (secondary N) is 1. The highest BCUT2D eigenvalue weighted by atomic mass is 32.2. The zero-order chi connectivity index (χ0) is 12.4. The molecule has 0 saturated heterocycles. The molecule has 1 aliphatic rings. The van der Waals surface area contributed by atoms with Crippen LogP contribution in [0.4, 0.5) is 0 Å². The second-order valence-electron chi connectivity index (χ2n) is 4.34. The summed E-state index contributed by atoms with van der Waals surface area (Å²) >= 11 is 0. The number of hydrogen-bond acceptors (Lipinski definition) is 2.